The van der Waals surface area contributed by atoms with Crippen LogP contribution in [0.2, 0.25) is 0 Å². The van der Waals surface area contributed by atoms with Crippen molar-refractivity contribution in [3.63, 3.8) is 0 Å². The Bertz CT molecular complexity index is 1010. The highest BCUT2D eigenvalue weighted by Crippen LogP contribution is 2.29. The lowest BCUT2D eigenvalue weighted by molar-refractivity contribution is -0.132. The molecule has 8 heteroatoms. The van der Waals surface area contributed by atoms with Gasteiger partial charge in [-0.05, 0) is 43.0 Å². The van der Waals surface area contributed by atoms with E-state index in [1.807, 2.05) is 4.90 Å². The van der Waals surface area contributed by atoms with E-state index in [1.54, 1.807) is 16.9 Å². The molecule has 1 saturated heterocycles. The number of carbonyl (C=O) groups is 1. The maximum atomic E-state index is 13.6. The van der Waals surface area contributed by atoms with Crippen molar-refractivity contribution in [3.8, 4) is 11.1 Å². The smallest absolute Gasteiger partial charge is 0.266 e. The first-order chi connectivity index (χ1) is 13.5. The van der Waals surface area contributed by atoms with Crippen LogP contribution in [0.5, 0.6) is 0 Å². The van der Waals surface area contributed by atoms with Crippen molar-refractivity contribution in [1.82, 2.24) is 19.7 Å². The Morgan fingerprint density at radius 1 is 1.07 bits per heavy atom. The van der Waals surface area contributed by atoms with E-state index >= 15 is 0 Å². The van der Waals surface area contributed by atoms with Gasteiger partial charge in [-0.2, -0.15) is 5.10 Å². The molecule has 0 unspecified atom stereocenters. The van der Waals surface area contributed by atoms with Gasteiger partial charge in [-0.25, -0.2) is 13.2 Å². The summed E-state index contributed by atoms with van der Waals surface area (Å²) < 4.78 is 41.1. The topological polar surface area (TPSA) is 51.0 Å². The number of halogens is 3. The van der Waals surface area contributed by atoms with E-state index in [1.165, 1.54) is 12.3 Å². The first-order valence-corrected chi connectivity index (χ1v) is 9.20. The predicted octanol–water partition coefficient (Wildman–Crippen LogP) is 4.19. The molecular weight excluding hydrogens is 369 g/mol. The van der Waals surface area contributed by atoms with Gasteiger partial charge in [0, 0.05) is 24.8 Å². The molecule has 3 heterocycles. The Labute approximate surface area is 159 Å². The number of pyridine rings is 1. The lowest BCUT2D eigenvalue weighted by atomic mass is 10.0. The third-order valence-electron chi connectivity index (χ3n) is 5.05. The van der Waals surface area contributed by atoms with Crippen molar-refractivity contribution in [2.45, 2.75) is 32.2 Å². The number of benzene rings is 1. The zero-order valence-corrected chi connectivity index (χ0v) is 15.1. The molecule has 2 aromatic heterocycles. The van der Waals surface area contributed by atoms with Crippen LogP contribution in [-0.4, -0.2) is 38.7 Å². The van der Waals surface area contributed by atoms with Crippen molar-refractivity contribution in [3.05, 3.63) is 48.0 Å². The minimum absolute atomic E-state index is 0.00290. The van der Waals surface area contributed by atoms with E-state index in [0.29, 0.717) is 22.2 Å². The van der Waals surface area contributed by atoms with Crippen LogP contribution >= 0.6 is 0 Å². The molecule has 0 saturated carbocycles. The van der Waals surface area contributed by atoms with Gasteiger partial charge < -0.3 is 4.90 Å². The van der Waals surface area contributed by atoms with Crippen molar-refractivity contribution in [1.29, 1.82) is 0 Å². The lowest BCUT2D eigenvalue weighted by Crippen LogP contribution is -2.37. The fourth-order valence-electron chi connectivity index (χ4n) is 3.50. The molecule has 0 spiro atoms. The normalized spacial score (nSPS) is 14.8. The first kappa shape index (κ1) is 18.5. The molecular formula is C20H19F3N4O. The molecule has 1 fully saturated rings. The SMILES string of the molecule is O=C(Cn1ncc2ncc(-c3ccc(F)c(C(F)F)c3)cc21)N1CCCCC1. The molecule has 0 atom stereocenters. The highest BCUT2D eigenvalue weighted by atomic mass is 19.3. The van der Waals surface area contributed by atoms with Crippen LogP contribution in [0.1, 0.15) is 31.3 Å². The second kappa shape index (κ2) is 7.61. The largest absolute Gasteiger partial charge is 0.341 e. The zero-order valence-electron chi connectivity index (χ0n) is 15.1. The summed E-state index contributed by atoms with van der Waals surface area (Å²) in [5.74, 6) is -0.943. The lowest BCUT2D eigenvalue weighted by Gasteiger charge is -2.26. The van der Waals surface area contributed by atoms with E-state index in [-0.39, 0.29) is 12.5 Å². The Kier molecular flexibility index (Phi) is 5.02. The fraction of sp³-hybridized carbons (Fsp3) is 0.350. The summed E-state index contributed by atoms with van der Waals surface area (Å²) >= 11 is 0. The van der Waals surface area contributed by atoms with Gasteiger partial charge in [0.1, 0.15) is 17.9 Å². The number of aromatic nitrogens is 3. The average Bonchev–Trinajstić information content (AvgIpc) is 3.11. The van der Waals surface area contributed by atoms with Gasteiger partial charge in [-0.3, -0.25) is 14.5 Å². The van der Waals surface area contributed by atoms with E-state index in [9.17, 15) is 18.0 Å². The third-order valence-corrected chi connectivity index (χ3v) is 5.05. The summed E-state index contributed by atoms with van der Waals surface area (Å²) in [6.07, 6.45) is 3.36. The standard InChI is InChI=1S/C20H19F3N4O/c21-16-5-4-13(8-15(16)20(22)23)14-9-18-17(24-10-14)11-25-27(18)12-19(28)26-6-2-1-3-7-26/h4-5,8-11,20H,1-3,6-7,12H2. The molecule has 0 radical (unpaired) electrons. The van der Waals surface area contributed by atoms with Crippen LogP contribution in [0.15, 0.2) is 36.7 Å². The summed E-state index contributed by atoms with van der Waals surface area (Å²) in [6.45, 7) is 1.61. The molecule has 5 nitrogen and oxygen atoms in total. The van der Waals surface area contributed by atoms with Gasteiger partial charge in [-0.1, -0.05) is 6.07 Å². The van der Waals surface area contributed by atoms with Gasteiger partial charge in [0.05, 0.1) is 17.3 Å². The summed E-state index contributed by atoms with van der Waals surface area (Å²) in [4.78, 5) is 18.7. The maximum absolute atomic E-state index is 13.6. The Morgan fingerprint density at radius 2 is 1.86 bits per heavy atom. The van der Waals surface area contributed by atoms with Crippen LogP contribution < -0.4 is 0 Å². The van der Waals surface area contributed by atoms with Crippen LogP contribution in [0.4, 0.5) is 13.2 Å². The highest BCUT2D eigenvalue weighted by molar-refractivity contribution is 5.83. The Balaban J connectivity index is 1.65. The van der Waals surface area contributed by atoms with Crippen molar-refractivity contribution in [2.75, 3.05) is 13.1 Å². The van der Waals surface area contributed by atoms with Crippen LogP contribution in [-0.2, 0) is 11.3 Å². The molecule has 1 amide bonds. The van der Waals surface area contributed by atoms with Crippen LogP contribution in [0.25, 0.3) is 22.2 Å². The van der Waals surface area contributed by atoms with Gasteiger partial charge in [0.25, 0.3) is 6.43 Å². The second-order valence-electron chi connectivity index (χ2n) is 6.91. The number of hydrogen-bond donors (Lipinski definition) is 0. The predicted molar refractivity (Wildman–Crippen MR) is 98.3 cm³/mol. The number of likely N-dealkylation sites (tertiary alicyclic amines) is 1. The summed E-state index contributed by atoms with van der Waals surface area (Å²) in [5.41, 5.74) is 1.58. The summed E-state index contributed by atoms with van der Waals surface area (Å²) in [5, 5.41) is 4.25. The highest BCUT2D eigenvalue weighted by Gasteiger charge is 2.19. The van der Waals surface area contributed by atoms with E-state index in [0.717, 1.165) is 44.5 Å². The van der Waals surface area contributed by atoms with Crippen molar-refractivity contribution in [2.24, 2.45) is 0 Å². The molecule has 3 aromatic rings. The molecule has 1 aliphatic heterocycles. The second-order valence-corrected chi connectivity index (χ2v) is 6.91. The number of amides is 1. The number of nitrogens with zero attached hydrogens (tertiary/aromatic N) is 4. The van der Waals surface area contributed by atoms with E-state index in [4.69, 9.17) is 0 Å². The molecule has 146 valence electrons. The Morgan fingerprint density at radius 3 is 2.61 bits per heavy atom. The van der Waals surface area contributed by atoms with E-state index in [2.05, 4.69) is 10.1 Å². The molecule has 0 aliphatic carbocycles. The monoisotopic (exact) mass is 388 g/mol. The van der Waals surface area contributed by atoms with Crippen molar-refractivity contribution < 1.29 is 18.0 Å². The molecule has 1 aliphatic rings. The van der Waals surface area contributed by atoms with E-state index < -0.39 is 17.8 Å². The van der Waals surface area contributed by atoms with Gasteiger partial charge in [0.2, 0.25) is 5.91 Å². The minimum Gasteiger partial charge on any atom is -0.341 e. The number of piperidine rings is 1. The van der Waals surface area contributed by atoms with Gasteiger partial charge in [0.15, 0.2) is 0 Å². The maximum Gasteiger partial charge on any atom is 0.266 e. The van der Waals surface area contributed by atoms with Gasteiger partial charge in [-0.15, -0.1) is 0 Å². The van der Waals surface area contributed by atoms with Crippen LogP contribution in [0.3, 0.4) is 0 Å². The van der Waals surface area contributed by atoms with Crippen molar-refractivity contribution >= 4 is 16.9 Å². The van der Waals surface area contributed by atoms with Gasteiger partial charge >= 0.3 is 0 Å². The molecule has 1 aromatic carbocycles. The zero-order chi connectivity index (χ0) is 19.7. The number of hydrogen-bond acceptors (Lipinski definition) is 3. The third kappa shape index (κ3) is 3.58. The summed E-state index contributed by atoms with van der Waals surface area (Å²) in [6, 6.07) is 5.32. The quantitative estimate of drug-likeness (QED) is 0.674. The fourth-order valence-corrected chi connectivity index (χ4v) is 3.50. The number of alkyl halides is 2. The molecule has 0 bridgehead atoms. The molecule has 28 heavy (non-hydrogen) atoms. The average molecular weight is 388 g/mol. The number of rotatable bonds is 4. The molecule has 0 N–H and O–H groups in total. The minimum atomic E-state index is -2.90. The molecule has 4 rings (SSSR count). The Hall–Kier alpha value is -2.90. The summed E-state index contributed by atoms with van der Waals surface area (Å²) in [7, 11) is 0. The van der Waals surface area contributed by atoms with Crippen LogP contribution in [0, 0.1) is 5.82 Å². The number of fused-ring (bicyclic) bond motifs is 1. The first-order valence-electron chi connectivity index (χ1n) is 9.20. The number of carbonyl (C=O) groups excluding carboxylic acids is 1.